The fraction of sp³-hybridized carbons (Fsp3) is 0.434. The molecule has 4 aliphatic heterocycles. The minimum absolute atomic E-state index is 0.0744. The van der Waals surface area contributed by atoms with Gasteiger partial charge in [0.05, 0.1) is 12.1 Å². The molecule has 4 aliphatic rings. The summed E-state index contributed by atoms with van der Waals surface area (Å²) in [6, 6.07) is 35.4. The first-order valence-corrected chi connectivity index (χ1v) is 23.1. The van der Waals surface area contributed by atoms with Crippen LogP contribution < -0.4 is 10.6 Å². The van der Waals surface area contributed by atoms with Crippen molar-refractivity contribution >= 4 is 35.0 Å². The number of hydrogen-bond donors (Lipinski definition) is 5. The van der Waals surface area contributed by atoms with Gasteiger partial charge in [0.15, 0.2) is 0 Å². The molecule has 12 heteroatoms. The lowest BCUT2D eigenvalue weighted by atomic mass is 9.84. The molecule has 4 saturated heterocycles. The fourth-order valence-electron chi connectivity index (χ4n) is 9.02. The number of carboxylic acids is 1. The van der Waals surface area contributed by atoms with Gasteiger partial charge in [0.1, 0.15) is 17.9 Å². The van der Waals surface area contributed by atoms with Gasteiger partial charge in [0.25, 0.3) is 0 Å². The molecule has 0 aromatic heterocycles. The number of carbonyl (C=O) groups is 4. The van der Waals surface area contributed by atoms with Gasteiger partial charge in [0, 0.05) is 30.9 Å². The lowest BCUT2D eigenvalue weighted by Gasteiger charge is -2.45. The molecule has 0 spiro atoms. The van der Waals surface area contributed by atoms with Crippen molar-refractivity contribution < 1.29 is 24.3 Å². The first-order chi connectivity index (χ1) is 31.3. The molecule has 0 saturated carbocycles. The molecule has 5 N–H and O–H groups in total. The molecule has 0 bridgehead atoms. The van der Waals surface area contributed by atoms with E-state index in [9.17, 15) is 19.2 Å². The van der Waals surface area contributed by atoms with Crippen molar-refractivity contribution in [3.63, 3.8) is 0 Å². The van der Waals surface area contributed by atoms with E-state index in [0.717, 1.165) is 74.8 Å². The topological polar surface area (TPSA) is 170 Å². The molecular formula is C53H67N7O5. The molecule has 12 nitrogen and oxygen atoms in total. The Bertz CT molecular complexity index is 2230. The molecule has 4 aromatic rings. The maximum absolute atomic E-state index is 13.3. The summed E-state index contributed by atoms with van der Waals surface area (Å²) in [6.45, 7) is 7.32. The van der Waals surface area contributed by atoms with Crippen molar-refractivity contribution in [1.29, 1.82) is 10.8 Å². The summed E-state index contributed by atoms with van der Waals surface area (Å²) < 4.78 is 0. The van der Waals surface area contributed by atoms with Crippen molar-refractivity contribution in [3.05, 3.63) is 143 Å². The minimum atomic E-state index is -0.705. The number of Topliss-reactive ketones (excluding diaryl/α,β-unsaturated/α-hetero) is 1. The normalized spacial score (nSPS) is 22.9. The maximum Gasteiger partial charge on any atom is 0.320 e. The zero-order chi connectivity index (χ0) is 46.5. The van der Waals surface area contributed by atoms with Gasteiger partial charge in [-0.25, -0.2) is 0 Å². The molecule has 4 fully saturated rings. The largest absolute Gasteiger partial charge is 0.480 e. The van der Waals surface area contributed by atoms with E-state index < -0.39 is 5.97 Å². The number of amides is 2. The Hall–Kier alpha value is -5.82. The summed E-state index contributed by atoms with van der Waals surface area (Å²) in [5.41, 5.74) is 7.63. The van der Waals surface area contributed by atoms with E-state index >= 15 is 0 Å². The van der Waals surface area contributed by atoms with Crippen molar-refractivity contribution in [1.82, 2.24) is 25.3 Å². The Labute approximate surface area is 384 Å². The van der Waals surface area contributed by atoms with Crippen LogP contribution in [0.2, 0.25) is 0 Å². The van der Waals surface area contributed by atoms with E-state index in [1.807, 2.05) is 91.8 Å². The Balaban J connectivity index is 0.000000178. The smallest absolute Gasteiger partial charge is 0.320 e. The number of carbonyl (C=O) groups excluding carboxylic acids is 3. The number of aryl methyl sites for hydroxylation is 1. The molecule has 2 amide bonds. The number of ketones is 1. The molecule has 0 aliphatic carbocycles. The number of nitrogens with one attached hydrogen (secondary N) is 4. The van der Waals surface area contributed by atoms with Crippen molar-refractivity contribution in [2.75, 3.05) is 40.3 Å². The van der Waals surface area contributed by atoms with Crippen molar-refractivity contribution in [3.8, 4) is 0 Å². The number of carboxylic acid groups (broad SMARTS) is 1. The Morgan fingerprint density at radius 3 is 1.58 bits per heavy atom. The molecule has 4 aromatic carbocycles. The van der Waals surface area contributed by atoms with Gasteiger partial charge in [-0.15, -0.1) is 0 Å². The number of piperidine rings is 2. The highest BCUT2D eigenvalue weighted by atomic mass is 16.4. The van der Waals surface area contributed by atoms with E-state index in [2.05, 4.69) is 51.9 Å². The third-order valence-electron chi connectivity index (χ3n) is 13.6. The van der Waals surface area contributed by atoms with Crippen LogP contribution in [0.3, 0.4) is 0 Å². The second-order valence-corrected chi connectivity index (χ2v) is 18.1. The summed E-state index contributed by atoms with van der Waals surface area (Å²) >= 11 is 0. The highest BCUT2D eigenvalue weighted by Crippen LogP contribution is 2.34. The average Bonchev–Trinajstić information content (AvgIpc) is 3.28. The van der Waals surface area contributed by atoms with Crippen LogP contribution in [0.4, 0.5) is 0 Å². The van der Waals surface area contributed by atoms with Crippen LogP contribution in [0, 0.1) is 10.8 Å². The first kappa shape index (κ1) is 48.6. The van der Waals surface area contributed by atoms with Crippen molar-refractivity contribution in [2.45, 2.75) is 108 Å². The molecule has 65 heavy (non-hydrogen) atoms. The van der Waals surface area contributed by atoms with E-state index in [4.69, 9.17) is 15.9 Å². The van der Waals surface area contributed by atoms with E-state index in [-0.39, 0.29) is 36.0 Å². The van der Waals surface area contributed by atoms with Crippen LogP contribution >= 0.6 is 0 Å². The van der Waals surface area contributed by atoms with Gasteiger partial charge in [-0.3, -0.25) is 29.0 Å². The van der Waals surface area contributed by atoms with Crippen LogP contribution in [-0.2, 0) is 32.1 Å². The molecule has 344 valence electrons. The van der Waals surface area contributed by atoms with E-state index in [1.165, 1.54) is 16.7 Å². The third-order valence-corrected chi connectivity index (χ3v) is 13.6. The average molecular weight is 882 g/mol. The van der Waals surface area contributed by atoms with Crippen LogP contribution in [-0.4, -0.2) is 119 Å². The van der Waals surface area contributed by atoms with Gasteiger partial charge < -0.3 is 31.5 Å². The zero-order valence-electron chi connectivity index (χ0n) is 38.5. The Kier molecular flexibility index (Phi) is 17.5. The van der Waals surface area contributed by atoms with E-state index in [0.29, 0.717) is 55.0 Å². The van der Waals surface area contributed by atoms with Crippen LogP contribution in [0.15, 0.2) is 109 Å². The number of likely N-dealkylation sites (tertiary alicyclic amines) is 3. The van der Waals surface area contributed by atoms with Gasteiger partial charge >= 0.3 is 5.97 Å². The number of aliphatic carboxylic acids is 1. The number of hydrogen-bond acceptors (Lipinski definition) is 9. The molecular weight excluding hydrogens is 815 g/mol. The van der Waals surface area contributed by atoms with Gasteiger partial charge in [-0.1, -0.05) is 109 Å². The first-order valence-electron chi connectivity index (χ1n) is 23.1. The summed E-state index contributed by atoms with van der Waals surface area (Å²) in [6.07, 6.45) is 6.72. The molecule has 0 radical (unpaired) electrons. The fourth-order valence-corrected chi connectivity index (χ4v) is 9.02. The SMILES string of the molecule is CC(=N)c1ccc(CCC(=O)[C@@H]2CCN2)cc1.CC(=N)c1ccc(CNC(=O)[C@@H]2CCN2C(=O)[C@H]2C[C@@H](c3ccccc3)CCN2C)cc1.CN1CC[C@H](c2ccccc2)C[C@@H]1C(=O)O. The summed E-state index contributed by atoms with van der Waals surface area (Å²) in [4.78, 5) is 54.7. The summed E-state index contributed by atoms with van der Waals surface area (Å²) in [5.74, 6) is 0.369. The highest BCUT2D eigenvalue weighted by molar-refractivity contribution is 5.96. The monoisotopic (exact) mass is 882 g/mol. The highest BCUT2D eigenvalue weighted by Gasteiger charge is 2.43. The molecule has 0 unspecified atom stereocenters. The number of benzene rings is 4. The quantitative estimate of drug-likeness (QED) is 0.0890. The molecule has 8 rings (SSSR count). The van der Waals surface area contributed by atoms with Gasteiger partial charge in [-0.2, -0.15) is 0 Å². The lowest BCUT2D eigenvalue weighted by molar-refractivity contribution is -0.152. The second-order valence-electron chi connectivity index (χ2n) is 18.1. The standard InChI is InChI=1S/C26H32N4O2.C14H18N2O.C13H17NO2/c1-18(27)20-10-8-19(9-11-20)17-28-25(31)23-13-15-30(23)26(32)24-16-22(12-14-29(24)2)21-6-4-3-5-7-21;1-10(15)12-5-2-11(3-6-12)4-7-14(17)13-8-9-16-13;1-14-8-7-11(9-12(14)13(15)16)10-5-3-2-4-6-10/h3-11,22-24,27H,12-17H2,1-2H3,(H,28,31);2-3,5-6,13,15-16H,4,7-9H2,1H3;2-6,11-12H,7-9H2,1H3,(H,15,16)/t22-,23-,24+;13-;11-,12+/m000/s1. The predicted octanol–water partition coefficient (Wildman–Crippen LogP) is 7.06. The predicted molar refractivity (Wildman–Crippen MR) is 257 cm³/mol. The molecule has 4 heterocycles. The maximum atomic E-state index is 13.3. The minimum Gasteiger partial charge on any atom is -0.480 e. The van der Waals surface area contributed by atoms with Gasteiger partial charge in [-0.05, 0) is 138 Å². The van der Waals surface area contributed by atoms with Gasteiger partial charge in [0.2, 0.25) is 11.8 Å². The van der Waals surface area contributed by atoms with E-state index in [1.54, 1.807) is 18.7 Å². The number of nitrogens with zero attached hydrogens (tertiary/aromatic N) is 3. The Morgan fingerprint density at radius 1 is 0.646 bits per heavy atom. The number of likely N-dealkylation sites (N-methyl/N-ethyl adjacent to an activating group) is 2. The van der Waals surface area contributed by atoms with Crippen LogP contribution in [0.5, 0.6) is 0 Å². The Morgan fingerprint density at radius 2 is 1.14 bits per heavy atom. The number of rotatable bonds is 13. The van der Waals surface area contributed by atoms with Crippen LogP contribution in [0.1, 0.15) is 104 Å². The third kappa shape index (κ3) is 13.4. The second kappa shape index (κ2) is 23.4. The lowest BCUT2D eigenvalue weighted by Crippen LogP contribution is -2.62. The summed E-state index contributed by atoms with van der Waals surface area (Å²) in [5, 5.41) is 30.4. The zero-order valence-corrected chi connectivity index (χ0v) is 38.5. The van der Waals surface area contributed by atoms with Crippen molar-refractivity contribution in [2.24, 2.45) is 0 Å². The summed E-state index contributed by atoms with van der Waals surface area (Å²) in [7, 11) is 3.90. The van der Waals surface area contributed by atoms with Crippen LogP contribution in [0.25, 0.3) is 0 Å². The molecule has 6 atom stereocenters.